The predicted octanol–water partition coefficient (Wildman–Crippen LogP) is 2.54. The van der Waals surface area contributed by atoms with Crippen LogP contribution in [0.3, 0.4) is 0 Å². The average Bonchev–Trinajstić information content (AvgIpc) is 3.06. The monoisotopic (exact) mass is 312 g/mol. The van der Waals surface area contributed by atoms with Gasteiger partial charge in [-0.15, -0.1) is 0 Å². The van der Waals surface area contributed by atoms with E-state index in [1.165, 1.54) is 5.56 Å². The van der Waals surface area contributed by atoms with Crippen molar-refractivity contribution in [1.82, 2.24) is 19.7 Å². The summed E-state index contributed by atoms with van der Waals surface area (Å²) in [6.07, 6.45) is 6.80. The van der Waals surface area contributed by atoms with E-state index in [1.54, 1.807) is 12.7 Å². The molecule has 0 atom stereocenters. The van der Waals surface area contributed by atoms with E-state index >= 15 is 0 Å². The molecule has 2 heterocycles. The fourth-order valence-corrected chi connectivity index (χ4v) is 3.21. The van der Waals surface area contributed by atoms with Crippen LogP contribution in [0.1, 0.15) is 31.7 Å². The van der Waals surface area contributed by atoms with Crippen LogP contribution in [0.5, 0.6) is 0 Å². The molecule has 23 heavy (non-hydrogen) atoms. The van der Waals surface area contributed by atoms with Crippen molar-refractivity contribution in [3.05, 3.63) is 48.5 Å². The van der Waals surface area contributed by atoms with Crippen LogP contribution in [0.25, 0.3) is 0 Å². The van der Waals surface area contributed by atoms with Crippen LogP contribution in [0, 0.1) is 5.41 Å². The fourth-order valence-electron chi connectivity index (χ4n) is 3.21. The zero-order valence-corrected chi connectivity index (χ0v) is 13.7. The van der Waals surface area contributed by atoms with Crippen molar-refractivity contribution in [2.24, 2.45) is 5.41 Å². The Labute approximate surface area is 137 Å². The third kappa shape index (κ3) is 4.18. The molecule has 1 fully saturated rings. The highest BCUT2D eigenvalue weighted by Crippen LogP contribution is 2.32. The second-order valence-electron chi connectivity index (χ2n) is 6.77. The Morgan fingerprint density at radius 1 is 1.22 bits per heavy atom. The first-order valence-electron chi connectivity index (χ1n) is 8.29. The summed E-state index contributed by atoms with van der Waals surface area (Å²) in [5.74, 6) is 0.275. The summed E-state index contributed by atoms with van der Waals surface area (Å²) in [4.78, 5) is 18.4. The molecule has 122 valence electrons. The number of hydrogen-bond acceptors (Lipinski definition) is 3. The quantitative estimate of drug-likeness (QED) is 0.852. The van der Waals surface area contributed by atoms with Crippen molar-refractivity contribution >= 4 is 5.91 Å². The van der Waals surface area contributed by atoms with Crippen molar-refractivity contribution in [3.63, 3.8) is 0 Å². The van der Waals surface area contributed by atoms with E-state index in [0.29, 0.717) is 6.42 Å². The average molecular weight is 312 g/mol. The van der Waals surface area contributed by atoms with Crippen LogP contribution in [-0.2, 0) is 17.8 Å². The van der Waals surface area contributed by atoms with Crippen LogP contribution < -0.4 is 0 Å². The lowest BCUT2D eigenvalue weighted by Crippen LogP contribution is -2.43. The van der Waals surface area contributed by atoms with Crippen LogP contribution in [-0.4, -0.2) is 38.7 Å². The summed E-state index contributed by atoms with van der Waals surface area (Å²) in [7, 11) is 0. The highest BCUT2D eigenvalue weighted by molar-refractivity contribution is 5.76. The second kappa shape index (κ2) is 6.94. The van der Waals surface area contributed by atoms with E-state index in [2.05, 4.69) is 29.1 Å². The molecular formula is C18H24N4O. The lowest BCUT2D eigenvalue weighted by atomic mass is 9.80. The van der Waals surface area contributed by atoms with Crippen LogP contribution in [0.4, 0.5) is 0 Å². The summed E-state index contributed by atoms with van der Waals surface area (Å²) in [6.45, 7) is 4.84. The summed E-state index contributed by atoms with van der Waals surface area (Å²) >= 11 is 0. The number of likely N-dealkylation sites (tertiary alicyclic amines) is 1. The lowest BCUT2D eigenvalue weighted by molar-refractivity contribution is -0.133. The van der Waals surface area contributed by atoms with Gasteiger partial charge in [0, 0.05) is 26.1 Å². The van der Waals surface area contributed by atoms with Crippen molar-refractivity contribution < 1.29 is 4.79 Å². The third-order valence-corrected chi connectivity index (χ3v) is 4.80. The zero-order valence-electron chi connectivity index (χ0n) is 13.7. The van der Waals surface area contributed by atoms with Gasteiger partial charge in [-0.2, -0.15) is 5.10 Å². The minimum absolute atomic E-state index is 0.198. The molecule has 0 N–H and O–H groups in total. The van der Waals surface area contributed by atoms with Crippen molar-refractivity contribution in [1.29, 1.82) is 0 Å². The van der Waals surface area contributed by atoms with Crippen molar-refractivity contribution in [3.8, 4) is 0 Å². The standard InChI is InChI=1S/C18H24N4O/c1-18(13-22-15-19-14-20-22)9-11-21(12-10-18)17(23)8-7-16-5-3-2-4-6-16/h2-6,14-15H,7-13H2,1H3. The van der Waals surface area contributed by atoms with Gasteiger partial charge >= 0.3 is 0 Å². The number of carbonyl (C=O) groups is 1. The minimum atomic E-state index is 0.198. The zero-order chi connectivity index (χ0) is 16.1. The molecule has 1 aromatic heterocycles. The molecule has 0 spiro atoms. The maximum absolute atomic E-state index is 12.4. The summed E-state index contributed by atoms with van der Waals surface area (Å²) in [5.41, 5.74) is 1.43. The van der Waals surface area contributed by atoms with E-state index in [9.17, 15) is 4.79 Å². The molecule has 1 amide bonds. The maximum atomic E-state index is 12.4. The van der Waals surface area contributed by atoms with Gasteiger partial charge in [0.05, 0.1) is 0 Å². The number of hydrogen-bond donors (Lipinski definition) is 0. The molecule has 1 saturated heterocycles. The minimum Gasteiger partial charge on any atom is -0.343 e. The molecule has 1 aromatic carbocycles. The molecule has 5 nitrogen and oxygen atoms in total. The van der Waals surface area contributed by atoms with Gasteiger partial charge in [0.2, 0.25) is 5.91 Å². The Hall–Kier alpha value is -2.17. The Kier molecular flexibility index (Phi) is 4.74. The van der Waals surface area contributed by atoms with Crippen LogP contribution in [0.2, 0.25) is 0 Å². The number of aromatic nitrogens is 3. The van der Waals surface area contributed by atoms with E-state index < -0.39 is 0 Å². The van der Waals surface area contributed by atoms with Gasteiger partial charge in [-0.05, 0) is 30.2 Å². The van der Waals surface area contributed by atoms with Crippen LogP contribution >= 0.6 is 0 Å². The number of piperidine rings is 1. The topological polar surface area (TPSA) is 51.0 Å². The number of carbonyl (C=O) groups excluding carboxylic acids is 1. The molecule has 5 heteroatoms. The fraction of sp³-hybridized carbons (Fsp3) is 0.500. The van der Waals surface area contributed by atoms with Crippen LogP contribution in [0.15, 0.2) is 43.0 Å². The van der Waals surface area contributed by atoms with Gasteiger partial charge in [-0.3, -0.25) is 9.48 Å². The van der Waals surface area contributed by atoms with E-state index in [0.717, 1.165) is 38.9 Å². The lowest BCUT2D eigenvalue weighted by Gasteiger charge is -2.39. The van der Waals surface area contributed by atoms with Gasteiger partial charge < -0.3 is 4.90 Å². The number of amides is 1. The molecule has 0 saturated carbocycles. The Balaban J connectivity index is 1.47. The largest absolute Gasteiger partial charge is 0.343 e. The van der Waals surface area contributed by atoms with Crippen molar-refractivity contribution in [2.45, 2.75) is 39.2 Å². The third-order valence-electron chi connectivity index (χ3n) is 4.80. The molecule has 1 aliphatic heterocycles. The number of nitrogens with zero attached hydrogens (tertiary/aromatic N) is 4. The predicted molar refractivity (Wildman–Crippen MR) is 88.7 cm³/mol. The number of aryl methyl sites for hydroxylation is 1. The second-order valence-corrected chi connectivity index (χ2v) is 6.77. The molecule has 0 unspecified atom stereocenters. The Morgan fingerprint density at radius 2 is 1.96 bits per heavy atom. The molecule has 0 radical (unpaired) electrons. The normalized spacial score (nSPS) is 17.2. The Morgan fingerprint density at radius 3 is 2.61 bits per heavy atom. The highest BCUT2D eigenvalue weighted by atomic mass is 16.2. The summed E-state index contributed by atoms with van der Waals surface area (Å²) in [5, 5.41) is 4.20. The molecular weight excluding hydrogens is 288 g/mol. The summed E-state index contributed by atoms with van der Waals surface area (Å²) < 4.78 is 1.90. The number of rotatable bonds is 5. The molecule has 0 bridgehead atoms. The molecule has 0 aliphatic carbocycles. The first kappa shape index (κ1) is 15.7. The maximum Gasteiger partial charge on any atom is 0.222 e. The van der Waals surface area contributed by atoms with E-state index in [1.807, 2.05) is 27.8 Å². The molecule has 2 aromatic rings. The van der Waals surface area contributed by atoms with Gasteiger partial charge in [0.25, 0.3) is 0 Å². The van der Waals surface area contributed by atoms with E-state index in [4.69, 9.17) is 0 Å². The SMILES string of the molecule is CC1(Cn2cncn2)CCN(C(=O)CCc2ccccc2)CC1. The first-order chi connectivity index (χ1) is 11.1. The van der Waals surface area contributed by atoms with Crippen molar-refractivity contribution in [2.75, 3.05) is 13.1 Å². The summed E-state index contributed by atoms with van der Waals surface area (Å²) in [6, 6.07) is 10.2. The first-order valence-corrected chi connectivity index (χ1v) is 8.29. The Bertz CT molecular complexity index is 616. The van der Waals surface area contributed by atoms with E-state index in [-0.39, 0.29) is 11.3 Å². The van der Waals surface area contributed by atoms with Gasteiger partial charge in [-0.25, -0.2) is 4.98 Å². The molecule has 3 rings (SSSR count). The van der Waals surface area contributed by atoms with Gasteiger partial charge in [-0.1, -0.05) is 37.3 Å². The van der Waals surface area contributed by atoms with Gasteiger partial charge in [0.15, 0.2) is 0 Å². The number of benzene rings is 1. The smallest absolute Gasteiger partial charge is 0.222 e. The van der Waals surface area contributed by atoms with Gasteiger partial charge in [0.1, 0.15) is 12.7 Å². The molecule has 1 aliphatic rings. The highest BCUT2D eigenvalue weighted by Gasteiger charge is 2.32.